The highest BCUT2D eigenvalue weighted by Gasteiger charge is 2.07. The van der Waals surface area contributed by atoms with Crippen LogP contribution in [0.3, 0.4) is 0 Å². The highest BCUT2D eigenvalue weighted by molar-refractivity contribution is 6.30. The van der Waals surface area contributed by atoms with Crippen LogP contribution in [0.1, 0.15) is 10.4 Å². The number of H-pyrrole nitrogens is 1. The van der Waals surface area contributed by atoms with Crippen LogP contribution in [0, 0.1) is 0 Å². The van der Waals surface area contributed by atoms with Gasteiger partial charge in [0, 0.05) is 39.6 Å². The number of aromatic amines is 1. The highest BCUT2D eigenvalue weighted by Crippen LogP contribution is 2.24. The lowest BCUT2D eigenvalue weighted by Gasteiger charge is -2.10. The molecule has 0 aliphatic carbocycles. The quantitative estimate of drug-likeness (QED) is 0.476. The molecule has 2 aromatic carbocycles. The van der Waals surface area contributed by atoms with Crippen LogP contribution in [0.5, 0.6) is 0 Å². The summed E-state index contributed by atoms with van der Waals surface area (Å²) in [6, 6.07) is 19.0. The van der Waals surface area contributed by atoms with E-state index in [1.54, 1.807) is 48.7 Å². The third-order valence-corrected chi connectivity index (χ3v) is 4.41. The predicted octanol–water partition coefficient (Wildman–Crippen LogP) is 4.57. The van der Waals surface area contributed by atoms with Crippen molar-refractivity contribution in [2.45, 2.75) is 0 Å². The number of hydrogen-bond donors (Lipinski definition) is 3. The summed E-state index contributed by atoms with van der Waals surface area (Å²) in [7, 11) is 0. The van der Waals surface area contributed by atoms with Gasteiger partial charge in [-0.1, -0.05) is 11.6 Å². The van der Waals surface area contributed by atoms with Gasteiger partial charge in [0.25, 0.3) is 5.91 Å². The van der Waals surface area contributed by atoms with E-state index in [4.69, 9.17) is 11.6 Å². The highest BCUT2D eigenvalue weighted by atomic mass is 35.5. The molecule has 0 fully saturated rings. The molecule has 4 rings (SSSR count). The van der Waals surface area contributed by atoms with Crippen LogP contribution in [0.15, 0.2) is 77.7 Å². The molecule has 0 unspecified atom stereocenters. The largest absolute Gasteiger partial charge is 0.355 e. The molecule has 4 aromatic rings. The molecule has 1 amide bonds. The van der Waals surface area contributed by atoms with Crippen molar-refractivity contribution >= 4 is 45.6 Å². The summed E-state index contributed by atoms with van der Waals surface area (Å²) in [6.45, 7) is 0. The minimum Gasteiger partial charge on any atom is -0.355 e. The topological polar surface area (TPSA) is 86.9 Å². The molecule has 2 heterocycles. The van der Waals surface area contributed by atoms with E-state index >= 15 is 0 Å². The molecule has 0 aliphatic rings. The number of carbonyl (C=O) groups is 1. The van der Waals surface area contributed by atoms with Gasteiger partial charge in [-0.3, -0.25) is 9.59 Å². The number of pyridine rings is 2. The molecular formula is C21H15ClN4O2. The van der Waals surface area contributed by atoms with E-state index in [2.05, 4.69) is 20.6 Å². The van der Waals surface area contributed by atoms with Gasteiger partial charge >= 0.3 is 0 Å². The molecule has 2 aromatic heterocycles. The van der Waals surface area contributed by atoms with Crippen LogP contribution in [-0.2, 0) is 0 Å². The number of hydrogen-bond acceptors (Lipinski definition) is 4. The Morgan fingerprint density at radius 1 is 0.893 bits per heavy atom. The molecule has 7 heteroatoms. The molecular weight excluding hydrogens is 376 g/mol. The van der Waals surface area contributed by atoms with Crippen molar-refractivity contribution in [1.82, 2.24) is 9.97 Å². The number of rotatable bonds is 4. The Bertz CT molecular complexity index is 1200. The van der Waals surface area contributed by atoms with E-state index in [1.807, 2.05) is 18.2 Å². The zero-order chi connectivity index (χ0) is 19.5. The number of halogens is 1. The predicted molar refractivity (Wildman–Crippen MR) is 111 cm³/mol. The molecule has 0 aliphatic heterocycles. The molecule has 138 valence electrons. The molecule has 0 spiro atoms. The summed E-state index contributed by atoms with van der Waals surface area (Å²) in [4.78, 5) is 30.6. The number of benzene rings is 2. The van der Waals surface area contributed by atoms with Gasteiger partial charge in [-0.2, -0.15) is 0 Å². The second-order valence-corrected chi connectivity index (χ2v) is 6.54. The number of nitrogens with one attached hydrogen (secondary N) is 3. The van der Waals surface area contributed by atoms with E-state index in [9.17, 15) is 9.59 Å². The summed E-state index contributed by atoms with van der Waals surface area (Å²) in [5.74, 6) is -0.207. The monoisotopic (exact) mass is 390 g/mol. The number of aromatic nitrogens is 2. The third-order valence-electron chi connectivity index (χ3n) is 4.16. The maximum atomic E-state index is 12.3. The number of fused-ring (bicyclic) bond motifs is 1. The maximum absolute atomic E-state index is 12.3. The van der Waals surface area contributed by atoms with Crippen molar-refractivity contribution in [3.8, 4) is 0 Å². The van der Waals surface area contributed by atoms with Crippen molar-refractivity contribution in [2.24, 2.45) is 0 Å². The Hall–Kier alpha value is -3.64. The molecule has 0 atom stereocenters. The molecule has 0 saturated carbocycles. The van der Waals surface area contributed by atoms with Crippen molar-refractivity contribution in [2.75, 3.05) is 10.6 Å². The summed E-state index contributed by atoms with van der Waals surface area (Å²) < 4.78 is 0. The van der Waals surface area contributed by atoms with Gasteiger partial charge in [-0.25, -0.2) is 4.98 Å². The van der Waals surface area contributed by atoms with Crippen LogP contribution in [0.2, 0.25) is 5.02 Å². The Morgan fingerprint density at radius 2 is 1.61 bits per heavy atom. The fraction of sp³-hybridized carbons (Fsp3) is 0. The lowest BCUT2D eigenvalue weighted by atomic mass is 10.2. The van der Waals surface area contributed by atoms with Crippen LogP contribution in [0.25, 0.3) is 11.0 Å². The van der Waals surface area contributed by atoms with E-state index in [0.717, 1.165) is 16.8 Å². The van der Waals surface area contributed by atoms with Crippen LogP contribution >= 0.6 is 11.6 Å². The molecule has 0 radical (unpaired) electrons. The van der Waals surface area contributed by atoms with E-state index in [1.165, 1.54) is 6.07 Å². The summed E-state index contributed by atoms with van der Waals surface area (Å²) in [5, 5.41) is 7.53. The molecule has 3 N–H and O–H groups in total. The minimum absolute atomic E-state index is 0.196. The first kappa shape index (κ1) is 17.8. The fourth-order valence-electron chi connectivity index (χ4n) is 2.76. The average Bonchev–Trinajstić information content (AvgIpc) is 2.70. The lowest BCUT2D eigenvalue weighted by Crippen LogP contribution is -2.11. The second kappa shape index (κ2) is 7.54. The molecule has 28 heavy (non-hydrogen) atoms. The van der Waals surface area contributed by atoms with E-state index in [-0.39, 0.29) is 11.5 Å². The Kier molecular flexibility index (Phi) is 4.78. The van der Waals surface area contributed by atoms with Crippen molar-refractivity contribution < 1.29 is 4.79 Å². The zero-order valence-corrected chi connectivity index (χ0v) is 15.3. The summed E-state index contributed by atoms with van der Waals surface area (Å²) >= 11 is 5.84. The maximum Gasteiger partial charge on any atom is 0.255 e. The van der Waals surface area contributed by atoms with Crippen molar-refractivity contribution in [3.63, 3.8) is 0 Å². The standard InChI is InChI=1S/C21H15ClN4O2/c22-14-3-1-13(2-4-14)21(28)25-16-7-5-15(6-8-16)24-18-11-12-23-20-17(18)9-10-19(27)26-20/h1-12H,(H,25,28)(H2,23,24,26,27). The van der Waals surface area contributed by atoms with E-state index in [0.29, 0.717) is 21.9 Å². The SMILES string of the molecule is O=C(Nc1ccc(Nc2ccnc3[nH]c(=O)ccc23)cc1)c1ccc(Cl)cc1. The van der Waals surface area contributed by atoms with Gasteiger partial charge in [-0.15, -0.1) is 0 Å². The normalized spacial score (nSPS) is 10.6. The van der Waals surface area contributed by atoms with Crippen LogP contribution < -0.4 is 16.2 Å². The number of nitrogens with zero attached hydrogens (tertiary/aromatic N) is 1. The van der Waals surface area contributed by atoms with Crippen LogP contribution in [-0.4, -0.2) is 15.9 Å². The minimum atomic E-state index is -0.207. The number of anilines is 3. The first-order chi connectivity index (χ1) is 13.6. The number of carbonyl (C=O) groups excluding carboxylic acids is 1. The summed E-state index contributed by atoms with van der Waals surface area (Å²) in [5.41, 5.74) is 3.18. The first-order valence-electron chi connectivity index (χ1n) is 8.50. The van der Waals surface area contributed by atoms with Gasteiger partial charge in [0.15, 0.2) is 0 Å². The second-order valence-electron chi connectivity index (χ2n) is 6.11. The van der Waals surface area contributed by atoms with Crippen molar-refractivity contribution in [3.05, 3.63) is 93.9 Å². The summed E-state index contributed by atoms with van der Waals surface area (Å²) in [6.07, 6.45) is 1.63. The Labute approximate surface area is 165 Å². The zero-order valence-electron chi connectivity index (χ0n) is 14.6. The van der Waals surface area contributed by atoms with Crippen LogP contribution in [0.4, 0.5) is 17.1 Å². The third kappa shape index (κ3) is 3.87. The molecule has 0 saturated heterocycles. The average molecular weight is 391 g/mol. The smallest absolute Gasteiger partial charge is 0.255 e. The lowest BCUT2D eigenvalue weighted by molar-refractivity contribution is 0.102. The Balaban J connectivity index is 1.50. The van der Waals surface area contributed by atoms with Gasteiger partial charge in [0.2, 0.25) is 5.56 Å². The Morgan fingerprint density at radius 3 is 2.36 bits per heavy atom. The van der Waals surface area contributed by atoms with Gasteiger partial charge in [-0.05, 0) is 60.7 Å². The van der Waals surface area contributed by atoms with Crippen molar-refractivity contribution in [1.29, 1.82) is 0 Å². The van der Waals surface area contributed by atoms with Gasteiger partial charge in [0.05, 0.1) is 5.69 Å². The fourth-order valence-corrected chi connectivity index (χ4v) is 2.89. The van der Waals surface area contributed by atoms with E-state index < -0.39 is 0 Å². The molecule has 0 bridgehead atoms. The van der Waals surface area contributed by atoms with Gasteiger partial charge in [0.1, 0.15) is 5.65 Å². The van der Waals surface area contributed by atoms with Gasteiger partial charge < -0.3 is 15.6 Å². The first-order valence-corrected chi connectivity index (χ1v) is 8.88. The molecule has 6 nitrogen and oxygen atoms in total. The number of amides is 1.